The Morgan fingerprint density at radius 3 is 2.38 bits per heavy atom. The second kappa shape index (κ2) is 6.89. The van der Waals surface area contributed by atoms with E-state index < -0.39 is 9.84 Å². The quantitative estimate of drug-likeness (QED) is 0.762. The molecule has 2 fully saturated rings. The van der Waals surface area contributed by atoms with E-state index in [2.05, 4.69) is 16.7 Å². The van der Waals surface area contributed by atoms with Gasteiger partial charge in [-0.1, -0.05) is 18.6 Å². The second-order valence-corrected chi connectivity index (χ2v) is 9.22. The lowest BCUT2D eigenvalue weighted by atomic mass is 9.93. The van der Waals surface area contributed by atoms with Crippen molar-refractivity contribution in [3.05, 3.63) is 0 Å². The number of nitrogens with zero attached hydrogens (tertiary/aromatic N) is 2. The van der Waals surface area contributed by atoms with E-state index in [1.807, 2.05) is 0 Å². The summed E-state index contributed by atoms with van der Waals surface area (Å²) in [6.45, 7) is 5.93. The molecule has 0 aromatic carbocycles. The first-order valence-corrected chi connectivity index (χ1v) is 10.1. The van der Waals surface area contributed by atoms with Gasteiger partial charge in [0.2, 0.25) is 0 Å². The summed E-state index contributed by atoms with van der Waals surface area (Å²) in [7, 11) is -2.90. The van der Waals surface area contributed by atoms with Crippen LogP contribution in [-0.2, 0) is 9.84 Å². The zero-order chi connectivity index (χ0) is 15.6. The third-order valence-electron chi connectivity index (χ3n) is 5.03. The number of thiocarbonyl (C=S) groups is 1. The van der Waals surface area contributed by atoms with Crippen LogP contribution in [0.3, 0.4) is 0 Å². The third-order valence-corrected chi connectivity index (χ3v) is 7.01. The Labute approximate surface area is 133 Å². The molecule has 0 bridgehead atoms. The molecule has 2 aliphatic rings. The van der Waals surface area contributed by atoms with E-state index >= 15 is 0 Å². The van der Waals surface area contributed by atoms with Crippen LogP contribution in [0.25, 0.3) is 0 Å². The molecule has 0 spiro atoms. The molecule has 1 aliphatic carbocycles. The summed E-state index contributed by atoms with van der Waals surface area (Å²) < 4.78 is 23.6. The smallest absolute Gasteiger partial charge is 0.150 e. The van der Waals surface area contributed by atoms with Crippen LogP contribution in [0.15, 0.2) is 0 Å². The highest BCUT2D eigenvalue weighted by atomic mass is 32.2. The summed E-state index contributed by atoms with van der Waals surface area (Å²) in [5.41, 5.74) is 5.72. The van der Waals surface area contributed by atoms with E-state index in [0.29, 0.717) is 11.0 Å². The van der Waals surface area contributed by atoms with E-state index in [1.165, 1.54) is 6.26 Å². The minimum Gasteiger partial charge on any atom is -0.392 e. The van der Waals surface area contributed by atoms with E-state index in [-0.39, 0.29) is 11.3 Å². The highest BCUT2D eigenvalue weighted by Gasteiger charge is 2.33. The summed E-state index contributed by atoms with van der Waals surface area (Å²) >= 11 is 5.07. The Balaban J connectivity index is 1.89. The lowest BCUT2D eigenvalue weighted by molar-refractivity contribution is 0.0736. The molecule has 1 saturated carbocycles. The first-order chi connectivity index (χ1) is 9.79. The van der Waals surface area contributed by atoms with Crippen LogP contribution in [0.4, 0.5) is 0 Å². The van der Waals surface area contributed by atoms with Crippen LogP contribution in [0, 0.1) is 0 Å². The Morgan fingerprint density at radius 2 is 1.86 bits per heavy atom. The topological polar surface area (TPSA) is 66.6 Å². The van der Waals surface area contributed by atoms with Crippen LogP contribution in [-0.4, -0.2) is 73.0 Å². The van der Waals surface area contributed by atoms with E-state index in [0.717, 1.165) is 51.9 Å². The first kappa shape index (κ1) is 17.1. The Hall–Kier alpha value is -0.240. The van der Waals surface area contributed by atoms with Crippen LogP contribution in [0.5, 0.6) is 0 Å². The second-order valence-electron chi connectivity index (χ2n) is 6.42. The van der Waals surface area contributed by atoms with Gasteiger partial charge in [0.05, 0.1) is 16.3 Å². The highest BCUT2D eigenvalue weighted by Crippen LogP contribution is 2.28. The van der Waals surface area contributed by atoms with Gasteiger partial charge >= 0.3 is 0 Å². The van der Waals surface area contributed by atoms with E-state index in [9.17, 15) is 8.42 Å². The molecule has 122 valence electrons. The lowest BCUT2D eigenvalue weighted by Gasteiger charge is -2.43. The number of sulfone groups is 1. The van der Waals surface area contributed by atoms with Gasteiger partial charge in [0.25, 0.3) is 0 Å². The number of piperazine rings is 1. The maximum Gasteiger partial charge on any atom is 0.150 e. The predicted octanol–water partition coefficient (Wildman–Crippen LogP) is 0.634. The van der Waals surface area contributed by atoms with Gasteiger partial charge in [-0.05, 0) is 26.2 Å². The fraction of sp³-hybridized carbons (Fsp3) is 0.929. The Morgan fingerprint density at radius 1 is 1.24 bits per heavy atom. The van der Waals surface area contributed by atoms with Crippen molar-refractivity contribution in [2.24, 2.45) is 5.73 Å². The third kappa shape index (κ3) is 4.37. The summed E-state index contributed by atoms with van der Waals surface area (Å²) in [6, 6.07) is 0.568. The normalized spacial score (nSPS) is 31.0. The van der Waals surface area contributed by atoms with Gasteiger partial charge < -0.3 is 5.73 Å². The largest absolute Gasteiger partial charge is 0.392 e. The van der Waals surface area contributed by atoms with Crippen molar-refractivity contribution < 1.29 is 8.42 Å². The number of hydrogen-bond acceptors (Lipinski definition) is 5. The molecule has 5 nitrogen and oxygen atoms in total. The Kier molecular flexibility index (Phi) is 5.62. The van der Waals surface area contributed by atoms with Crippen LogP contribution < -0.4 is 5.73 Å². The van der Waals surface area contributed by atoms with Gasteiger partial charge in [-0.2, -0.15) is 0 Å². The van der Waals surface area contributed by atoms with Gasteiger partial charge in [0.1, 0.15) is 9.84 Å². The van der Waals surface area contributed by atoms with Crippen molar-refractivity contribution in [3.63, 3.8) is 0 Å². The molecule has 3 unspecified atom stereocenters. The van der Waals surface area contributed by atoms with Gasteiger partial charge in [-0.15, -0.1) is 0 Å². The molecule has 1 aliphatic heterocycles. The molecule has 21 heavy (non-hydrogen) atoms. The maximum absolute atomic E-state index is 11.8. The fourth-order valence-corrected chi connectivity index (χ4v) is 4.83. The van der Waals surface area contributed by atoms with Crippen LogP contribution in [0.2, 0.25) is 0 Å². The SMILES string of the molecule is CC(C(N)=S)N1CCN(C2CCCC(S(C)(=O)=O)C2)CC1. The molecular formula is C14H27N3O2S2. The van der Waals surface area contributed by atoms with Crippen molar-refractivity contribution in [1.29, 1.82) is 0 Å². The average Bonchev–Trinajstić information content (AvgIpc) is 2.46. The van der Waals surface area contributed by atoms with Crippen molar-refractivity contribution in [2.45, 2.75) is 49.9 Å². The minimum absolute atomic E-state index is 0.148. The molecule has 1 heterocycles. The molecular weight excluding hydrogens is 306 g/mol. The van der Waals surface area contributed by atoms with E-state index in [1.54, 1.807) is 0 Å². The molecule has 7 heteroatoms. The predicted molar refractivity (Wildman–Crippen MR) is 90.3 cm³/mol. The van der Waals surface area contributed by atoms with E-state index in [4.69, 9.17) is 18.0 Å². The zero-order valence-corrected chi connectivity index (χ0v) is 14.6. The summed E-state index contributed by atoms with van der Waals surface area (Å²) in [5, 5.41) is -0.148. The Bertz CT molecular complexity index is 473. The average molecular weight is 334 g/mol. The highest BCUT2D eigenvalue weighted by molar-refractivity contribution is 7.91. The summed E-state index contributed by atoms with van der Waals surface area (Å²) in [4.78, 5) is 5.33. The number of nitrogens with two attached hydrogens (primary N) is 1. The zero-order valence-electron chi connectivity index (χ0n) is 13.0. The van der Waals surface area contributed by atoms with Crippen LogP contribution >= 0.6 is 12.2 Å². The molecule has 0 aromatic rings. The molecule has 0 radical (unpaired) electrons. The summed E-state index contributed by atoms with van der Waals surface area (Å²) in [5.74, 6) is 0. The standard InChI is InChI=1S/C14H27N3O2S2/c1-11(14(15)20)16-6-8-17(9-7-16)12-4-3-5-13(10-12)21(2,18)19/h11-13H,3-10H2,1-2H3,(H2,15,20). The first-order valence-electron chi connectivity index (χ1n) is 7.75. The minimum atomic E-state index is -2.90. The van der Waals surface area contributed by atoms with Gasteiger partial charge in [-0.25, -0.2) is 8.42 Å². The van der Waals surface area contributed by atoms with Crippen molar-refractivity contribution in [1.82, 2.24) is 9.80 Å². The molecule has 1 saturated heterocycles. The van der Waals surface area contributed by atoms with Crippen molar-refractivity contribution in [3.8, 4) is 0 Å². The maximum atomic E-state index is 11.8. The monoisotopic (exact) mass is 333 g/mol. The van der Waals surface area contributed by atoms with Crippen molar-refractivity contribution >= 4 is 27.0 Å². The number of hydrogen-bond donors (Lipinski definition) is 1. The van der Waals surface area contributed by atoms with Crippen molar-refractivity contribution in [2.75, 3.05) is 32.4 Å². The lowest BCUT2D eigenvalue weighted by Crippen LogP contribution is -2.55. The van der Waals surface area contributed by atoms with Gasteiger partial charge in [0.15, 0.2) is 0 Å². The molecule has 3 atom stereocenters. The fourth-order valence-electron chi connectivity index (χ4n) is 3.51. The molecule has 2 N–H and O–H groups in total. The molecule has 0 aromatic heterocycles. The molecule has 0 amide bonds. The summed E-state index contributed by atoms with van der Waals surface area (Å²) in [6.07, 6.45) is 5.14. The number of rotatable bonds is 4. The van der Waals surface area contributed by atoms with Gasteiger partial charge in [0, 0.05) is 38.5 Å². The molecule has 2 rings (SSSR count). The van der Waals surface area contributed by atoms with Crippen LogP contribution in [0.1, 0.15) is 32.6 Å². The van der Waals surface area contributed by atoms with Gasteiger partial charge in [-0.3, -0.25) is 9.80 Å².